The fraction of sp³-hybridized carbons (Fsp3) is 0.211. The number of carboxylic acids is 2. The standard InChI is InChI=1S/C19H19N7O6/c27-16(25-14(18(29)30)4-10-6-20-8-22-10)12-2-1-3-13(24-12)17(28)26-15(19(31)32)5-11-7-21-9-23-11/h1-3,6-9,14-15H,4-5H2,(H,20,22)(H,21,23)(H,25,27)(H,26,28)(H,29,30)(H,31,32)/t14-,15-/m0/s1. The molecule has 3 aromatic heterocycles. The molecule has 0 aliphatic rings. The van der Waals surface area contributed by atoms with Gasteiger partial charge in [0.1, 0.15) is 23.5 Å². The monoisotopic (exact) mass is 441 g/mol. The lowest BCUT2D eigenvalue weighted by atomic mass is 10.1. The van der Waals surface area contributed by atoms with Crippen LogP contribution in [0, 0.1) is 0 Å². The van der Waals surface area contributed by atoms with Gasteiger partial charge in [0.15, 0.2) is 0 Å². The normalized spacial score (nSPS) is 12.5. The minimum atomic E-state index is -1.26. The third kappa shape index (κ3) is 5.75. The Morgan fingerprint density at radius 2 is 1.25 bits per heavy atom. The molecule has 2 amide bonds. The Labute approximate surface area is 180 Å². The fourth-order valence-electron chi connectivity index (χ4n) is 2.78. The summed E-state index contributed by atoms with van der Waals surface area (Å²) in [6.07, 6.45) is 5.58. The summed E-state index contributed by atoms with van der Waals surface area (Å²) < 4.78 is 0. The molecule has 13 nitrogen and oxygen atoms in total. The van der Waals surface area contributed by atoms with Crippen LogP contribution in [0.5, 0.6) is 0 Å². The van der Waals surface area contributed by atoms with Gasteiger partial charge in [-0.15, -0.1) is 0 Å². The van der Waals surface area contributed by atoms with Crippen molar-refractivity contribution in [1.29, 1.82) is 0 Å². The zero-order chi connectivity index (χ0) is 23.1. The van der Waals surface area contributed by atoms with E-state index in [1.165, 1.54) is 43.2 Å². The third-order valence-electron chi connectivity index (χ3n) is 4.38. The maximum Gasteiger partial charge on any atom is 0.326 e. The van der Waals surface area contributed by atoms with Crippen LogP contribution in [-0.2, 0) is 22.4 Å². The summed E-state index contributed by atoms with van der Waals surface area (Å²) in [4.78, 5) is 65.0. The Bertz CT molecular complexity index is 1010. The highest BCUT2D eigenvalue weighted by atomic mass is 16.4. The summed E-state index contributed by atoms with van der Waals surface area (Å²) in [5.74, 6) is -4.13. The summed E-state index contributed by atoms with van der Waals surface area (Å²) >= 11 is 0. The molecule has 0 spiro atoms. The van der Waals surface area contributed by atoms with Crippen LogP contribution in [-0.4, -0.2) is 71.0 Å². The Kier molecular flexibility index (Phi) is 6.90. The molecule has 0 saturated carbocycles. The molecule has 0 saturated heterocycles. The molecular formula is C19H19N7O6. The number of carboxylic acid groups (broad SMARTS) is 2. The van der Waals surface area contributed by atoms with E-state index in [-0.39, 0.29) is 24.2 Å². The SMILES string of the molecule is O=C(N[C@@H](Cc1cnc[nH]1)C(=O)O)c1cccc(C(=O)N[C@@H](Cc2cnc[nH]2)C(=O)O)n1. The summed E-state index contributed by atoms with van der Waals surface area (Å²) in [6.45, 7) is 0. The molecule has 0 aromatic carbocycles. The Morgan fingerprint density at radius 1 is 0.812 bits per heavy atom. The quantitative estimate of drug-likeness (QED) is 0.237. The van der Waals surface area contributed by atoms with Crippen molar-refractivity contribution in [1.82, 2.24) is 35.6 Å². The Balaban J connectivity index is 1.68. The van der Waals surface area contributed by atoms with Gasteiger partial charge in [-0.2, -0.15) is 0 Å². The number of aliphatic carboxylic acids is 2. The number of pyridine rings is 1. The van der Waals surface area contributed by atoms with Gasteiger partial charge >= 0.3 is 11.9 Å². The van der Waals surface area contributed by atoms with Gasteiger partial charge in [-0.25, -0.2) is 24.5 Å². The summed E-state index contributed by atoms with van der Waals surface area (Å²) in [5, 5.41) is 23.4. The first-order chi connectivity index (χ1) is 15.3. The number of carbonyl (C=O) groups excluding carboxylic acids is 2. The van der Waals surface area contributed by atoms with Crippen molar-refractivity contribution in [2.24, 2.45) is 0 Å². The summed E-state index contributed by atoms with van der Waals surface area (Å²) in [6, 6.07) is 1.48. The Morgan fingerprint density at radius 3 is 1.59 bits per heavy atom. The number of imidazole rings is 2. The number of aromatic nitrogens is 5. The van der Waals surface area contributed by atoms with Crippen molar-refractivity contribution >= 4 is 23.8 Å². The lowest BCUT2D eigenvalue weighted by Crippen LogP contribution is -2.43. The van der Waals surface area contributed by atoms with Crippen LogP contribution in [0.3, 0.4) is 0 Å². The van der Waals surface area contributed by atoms with Crippen molar-refractivity contribution in [3.8, 4) is 0 Å². The van der Waals surface area contributed by atoms with E-state index in [1.54, 1.807) is 0 Å². The van der Waals surface area contributed by atoms with Crippen molar-refractivity contribution in [2.45, 2.75) is 24.9 Å². The van der Waals surface area contributed by atoms with Crippen LogP contribution in [0.2, 0.25) is 0 Å². The molecule has 0 aliphatic carbocycles. The first-order valence-electron chi connectivity index (χ1n) is 9.32. The minimum absolute atomic E-state index is 0.0326. The van der Waals surface area contributed by atoms with Gasteiger partial charge in [0.2, 0.25) is 0 Å². The third-order valence-corrected chi connectivity index (χ3v) is 4.38. The number of H-pyrrole nitrogens is 2. The molecule has 32 heavy (non-hydrogen) atoms. The van der Waals surface area contributed by atoms with Crippen molar-refractivity contribution < 1.29 is 29.4 Å². The molecule has 13 heteroatoms. The second-order valence-corrected chi connectivity index (χ2v) is 6.70. The molecule has 6 N–H and O–H groups in total. The lowest BCUT2D eigenvalue weighted by molar-refractivity contribution is -0.140. The number of aromatic amines is 2. The van der Waals surface area contributed by atoms with Gasteiger partial charge in [-0.3, -0.25) is 9.59 Å². The summed E-state index contributed by atoms with van der Waals surface area (Å²) in [5.41, 5.74) is 0.620. The van der Waals surface area contributed by atoms with Crippen LogP contribution in [0.4, 0.5) is 0 Å². The van der Waals surface area contributed by atoms with Crippen molar-refractivity contribution in [3.63, 3.8) is 0 Å². The van der Waals surface area contributed by atoms with E-state index in [0.717, 1.165) is 0 Å². The molecule has 0 radical (unpaired) electrons. The number of carbonyl (C=O) groups is 4. The van der Waals surface area contributed by atoms with Gasteiger partial charge in [-0.05, 0) is 12.1 Å². The number of nitrogens with one attached hydrogen (secondary N) is 4. The first-order valence-corrected chi connectivity index (χ1v) is 9.32. The van der Waals surface area contributed by atoms with Crippen molar-refractivity contribution in [2.75, 3.05) is 0 Å². The average molecular weight is 441 g/mol. The van der Waals surface area contributed by atoms with Gasteiger partial charge < -0.3 is 30.8 Å². The van der Waals surface area contributed by atoms with Crippen LogP contribution >= 0.6 is 0 Å². The van der Waals surface area contributed by atoms with Crippen molar-refractivity contribution in [3.05, 3.63) is 66.0 Å². The molecule has 2 atom stereocenters. The van der Waals surface area contributed by atoms with Gasteiger partial charge in [-0.1, -0.05) is 6.07 Å². The van der Waals surface area contributed by atoms with Gasteiger partial charge in [0, 0.05) is 36.6 Å². The molecule has 3 rings (SSSR count). The van der Waals surface area contributed by atoms with E-state index in [0.29, 0.717) is 11.4 Å². The molecular weight excluding hydrogens is 422 g/mol. The van der Waals surface area contributed by atoms with E-state index >= 15 is 0 Å². The predicted molar refractivity (Wildman–Crippen MR) is 107 cm³/mol. The summed E-state index contributed by atoms with van der Waals surface area (Å²) in [7, 11) is 0. The number of rotatable bonds is 10. The highest BCUT2D eigenvalue weighted by molar-refractivity contribution is 5.98. The lowest BCUT2D eigenvalue weighted by Gasteiger charge is -2.15. The van der Waals surface area contributed by atoms with Gasteiger partial charge in [0.25, 0.3) is 11.8 Å². The van der Waals surface area contributed by atoms with E-state index in [4.69, 9.17) is 0 Å². The molecule has 0 aliphatic heterocycles. The number of amides is 2. The second kappa shape index (κ2) is 9.97. The maximum absolute atomic E-state index is 12.5. The van der Waals surface area contributed by atoms with E-state index in [9.17, 15) is 29.4 Å². The molecule has 166 valence electrons. The van der Waals surface area contributed by atoms with Gasteiger partial charge in [0.05, 0.1) is 12.7 Å². The number of hydrogen-bond donors (Lipinski definition) is 6. The molecule has 0 bridgehead atoms. The Hall–Kier alpha value is -4.55. The largest absolute Gasteiger partial charge is 0.480 e. The van der Waals surface area contributed by atoms with Crippen LogP contribution in [0.1, 0.15) is 32.4 Å². The highest BCUT2D eigenvalue weighted by Crippen LogP contribution is 2.05. The van der Waals surface area contributed by atoms with E-state index < -0.39 is 35.8 Å². The smallest absolute Gasteiger partial charge is 0.326 e. The topological polar surface area (TPSA) is 203 Å². The fourth-order valence-corrected chi connectivity index (χ4v) is 2.78. The highest BCUT2D eigenvalue weighted by Gasteiger charge is 2.25. The zero-order valence-corrected chi connectivity index (χ0v) is 16.5. The van der Waals surface area contributed by atoms with E-state index in [2.05, 4.69) is 35.6 Å². The number of hydrogen-bond acceptors (Lipinski definition) is 7. The van der Waals surface area contributed by atoms with Crippen LogP contribution < -0.4 is 10.6 Å². The maximum atomic E-state index is 12.5. The average Bonchev–Trinajstić information content (AvgIpc) is 3.47. The molecule has 3 aromatic rings. The first kappa shape index (κ1) is 22.1. The predicted octanol–water partition coefficient (Wildman–Crippen LogP) is -0.621. The molecule has 0 fully saturated rings. The van der Waals surface area contributed by atoms with Crippen LogP contribution in [0.15, 0.2) is 43.2 Å². The van der Waals surface area contributed by atoms with E-state index in [1.807, 2.05) is 0 Å². The number of nitrogens with zero attached hydrogens (tertiary/aromatic N) is 3. The van der Waals surface area contributed by atoms with Crippen LogP contribution in [0.25, 0.3) is 0 Å². The molecule has 0 unspecified atom stereocenters. The molecule has 3 heterocycles. The minimum Gasteiger partial charge on any atom is -0.480 e. The second-order valence-electron chi connectivity index (χ2n) is 6.70. The zero-order valence-electron chi connectivity index (χ0n) is 16.5.